The van der Waals surface area contributed by atoms with Crippen molar-refractivity contribution < 1.29 is 43.3 Å². The average molecular weight is 811 g/mol. The Labute approximate surface area is 342 Å². The predicted octanol–water partition coefficient (Wildman–Crippen LogP) is 2.95. The summed E-state index contributed by atoms with van der Waals surface area (Å²) in [6.45, 7) is 6.19. The van der Waals surface area contributed by atoms with E-state index < -0.39 is 54.3 Å². The second-order valence-electron chi connectivity index (χ2n) is 14.3. The van der Waals surface area contributed by atoms with E-state index in [0.717, 1.165) is 0 Å². The molecule has 312 valence electrons. The number of carbonyl (C=O) groups is 5. The quantitative estimate of drug-likeness (QED) is 0.190. The van der Waals surface area contributed by atoms with Gasteiger partial charge in [-0.05, 0) is 75.1 Å². The number of aromatic nitrogens is 3. The number of hydrogen-bond acceptors (Lipinski definition) is 12. The third kappa shape index (κ3) is 11.1. The number of nitrogens with zero attached hydrogens (tertiary/aromatic N) is 4. The highest BCUT2D eigenvalue weighted by Crippen LogP contribution is 2.37. The Hall–Kier alpha value is -6.62. The molecule has 0 unspecified atom stereocenters. The normalized spacial score (nSPS) is 17.9. The van der Waals surface area contributed by atoms with Gasteiger partial charge >= 0.3 is 0 Å². The van der Waals surface area contributed by atoms with Crippen LogP contribution < -0.4 is 35.5 Å². The number of amides is 5. The SMILES string of the molecule is COc1ccc2cc1Oc1cccc(OC)c1CNC(=O)[C@@H](C(C)C)NC(=O)[C@H]([C@@H](C)O)NC(=O)CN(C(=O)c1cnc(-c3cccnc3)nc1C)CCCCNC2=O. The molecular weight excluding hydrogens is 761 g/mol. The number of pyridine rings is 1. The molecule has 3 heterocycles. The highest BCUT2D eigenvalue weighted by Gasteiger charge is 2.32. The summed E-state index contributed by atoms with van der Waals surface area (Å²) in [5, 5.41) is 21.6. The van der Waals surface area contributed by atoms with E-state index in [2.05, 4.69) is 36.2 Å². The lowest BCUT2D eigenvalue weighted by Crippen LogP contribution is -2.59. The minimum atomic E-state index is -1.48. The Balaban J connectivity index is 1.46. The van der Waals surface area contributed by atoms with Gasteiger partial charge in [-0.25, -0.2) is 9.97 Å². The zero-order valence-corrected chi connectivity index (χ0v) is 33.9. The van der Waals surface area contributed by atoms with Crippen LogP contribution in [0.3, 0.4) is 0 Å². The van der Waals surface area contributed by atoms with E-state index in [0.29, 0.717) is 58.3 Å². The van der Waals surface area contributed by atoms with Gasteiger partial charge in [0.2, 0.25) is 17.7 Å². The largest absolute Gasteiger partial charge is 0.496 e. The molecule has 0 aliphatic carbocycles. The third-order valence-corrected chi connectivity index (χ3v) is 9.61. The van der Waals surface area contributed by atoms with Gasteiger partial charge in [0.1, 0.15) is 23.6 Å². The molecule has 2 aromatic carbocycles. The van der Waals surface area contributed by atoms with E-state index in [9.17, 15) is 29.1 Å². The number of benzene rings is 2. The van der Waals surface area contributed by atoms with Crippen LogP contribution in [0.5, 0.6) is 23.0 Å². The van der Waals surface area contributed by atoms with E-state index in [-0.39, 0.29) is 36.9 Å². The van der Waals surface area contributed by atoms with Gasteiger partial charge in [-0.1, -0.05) is 19.9 Å². The summed E-state index contributed by atoms with van der Waals surface area (Å²) in [5.74, 6) is -1.78. The van der Waals surface area contributed by atoms with Crippen molar-refractivity contribution >= 4 is 29.5 Å². The number of rotatable bonds is 6. The summed E-state index contributed by atoms with van der Waals surface area (Å²) in [5.41, 5.74) is 1.94. The smallest absolute Gasteiger partial charge is 0.257 e. The van der Waals surface area contributed by atoms with Crippen LogP contribution in [0.1, 0.15) is 65.6 Å². The Kier molecular flexibility index (Phi) is 14.9. The summed E-state index contributed by atoms with van der Waals surface area (Å²) in [6.07, 6.45) is 4.03. The first-order chi connectivity index (χ1) is 28.3. The number of ether oxygens (including phenoxy) is 3. The van der Waals surface area contributed by atoms with Crippen LogP contribution >= 0.6 is 0 Å². The van der Waals surface area contributed by atoms with Crippen LogP contribution in [0.4, 0.5) is 0 Å². The molecule has 4 aromatic rings. The van der Waals surface area contributed by atoms with Crippen LogP contribution in [0.25, 0.3) is 11.4 Å². The Morgan fingerprint density at radius 3 is 2.34 bits per heavy atom. The van der Waals surface area contributed by atoms with Crippen LogP contribution in [-0.4, -0.2) is 107 Å². The molecule has 5 rings (SSSR count). The van der Waals surface area contributed by atoms with Crippen molar-refractivity contribution in [1.82, 2.24) is 41.1 Å². The average Bonchev–Trinajstić information content (AvgIpc) is 3.22. The van der Waals surface area contributed by atoms with Gasteiger partial charge in [-0.3, -0.25) is 29.0 Å². The minimum Gasteiger partial charge on any atom is -0.496 e. The van der Waals surface area contributed by atoms with Crippen LogP contribution in [0.15, 0.2) is 67.1 Å². The molecule has 17 nitrogen and oxygen atoms in total. The second kappa shape index (κ2) is 20.2. The molecular formula is C42H50N8O9. The van der Waals surface area contributed by atoms with E-state index in [4.69, 9.17) is 14.2 Å². The van der Waals surface area contributed by atoms with Crippen LogP contribution in [0.2, 0.25) is 0 Å². The minimum absolute atomic E-state index is 0.0798. The molecule has 0 radical (unpaired) electrons. The third-order valence-electron chi connectivity index (χ3n) is 9.61. The first-order valence-electron chi connectivity index (χ1n) is 19.2. The van der Waals surface area contributed by atoms with Crippen molar-refractivity contribution in [3.8, 4) is 34.4 Å². The second-order valence-corrected chi connectivity index (χ2v) is 14.3. The van der Waals surface area contributed by atoms with Gasteiger partial charge < -0.3 is 45.5 Å². The monoisotopic (exact) mass is 810 g/mol. The fourth-order valence-electron chi connectivity index (χ4n) is 6.35. The van der Waals surface area contributed by atoms with E-state index in [1.165, 1.54) is 38.3 Å². The fraction of sp³-hybridized carbons (Fsp3) is 0.381. The number of aliphatic hydroxyl groups excluding tert-OH is 1. The topological polar surface area (TPSA) is 223 Å². The highest BCUT2D eigenvalue weighted by molar-refractivity contribution is 5.98. The maximum atomic E-state index is 14.0. The maximum Gasteiger partial charge on any atom is 0.257 e. The molecule has 5 amide bonds. The predicted molar refractivity (Wildman–Crippen MR) is 216 cm³/mol. The van der Waals surface area contributed by atoms with Gasteiger partial charge in [0.15, 0.2) is 17.3 Å². The van der Waals surface area contributed by atoms with E-state index >= 15 is 0 Å². The molecule has 3 atom stereocenters. The maximum absolute atomic E-state index is 14.0. The zero-order chi connectivity index (χ0) is 42.6. The lowest BCUT2D eigenvalue weighted by molar-refractivity contribution is -0.135. The van der Waals surface area contributed by atoms with Crippen molar-refractivity contribution in [3.63, 3.8) is 0 Å². The van der Waals surface area contributed by atoms with Crippen molar-refractivity contribution in [3.05, 3.63) is 89.5 Å². The van der Waals surface area contributed by atoms with E-state index in [1.807, 2.05) is 0 Å². The van der Waals surface area contributed by atoms with Crippen LogP contribution in [-0.2, 0) is 20.9 Å². The standard InChI is InChI=1S/C42H50N8O9/c1-24(2)36-40(54)46-22-30-31(57-5)12-9-13-32(30)59-34-19-27(14-15-33(34)58-6)39(53)44-17-7-8-18-50(23-35(52)48-37(26(4)51)41(55)49-36)42(56)29-21-45-38(47-25(29)3)28-11-10-16-43-20-28/h9-16,19-21,24,26,36-37,51H,7-8,17-18,22-23H2,1-6H3,(H,44,53)(H,46,54)(H,48,52)(H,49,55)/t26-,36-,37+/m1/s1. The van der Waals surface area contributed by atoms with E-state index in [1.54, 1.807) is 75.6 Å². The highest BCUT2D eigenvalue weighted by atomic mass is 16.5. The molecule has 2 aromatic heterocycles. The van der Waals surface area contributed by atoms with Crippen molar-refractivity contribution in [2.45, 2.75) is 65.3 Å². The first kappa shape index (κ1) is 43.5. The van der Waals surface area contributed by atoms with Gasteiger partial charge in [0, 0.05) is 42.8 Å². The molecule has 59 heavy (non-hydrogen) atoms. The molecule has 17 heteroatoms. The van der Waals surface area contributed by atoms with Crippen LogP contribution in [0, 0.1) is 12.8 Å². The summed E-state index contributed by atoms with van der Waals surface area (Å²) in [4.78, 5) is 82.7. The Morgan fingerprint density at radius 1 is 0.881 bits per heavy atom. The summed E-state index contributed by atoms with van der Waals surface area (Å²) >= 11 is 0. The van der Waals surface area contributed by atoms with Crippen molar-refractivity contribution in [2.75, 3.05) is 33.9 Å². The Bertz CT molecular complexity index is 2150. The number of fused-ring (bicyclic) bond motifs is 3. The van der Waals surface area contributed by atoms with Gasteiger partial charge in [-0.15, -0.1) is 0 Å². The number of hydrogen-bond donors (Lipinski definition) is 5. The van der Waals surface area contributed by atoms with Gasteiger partial charge in [-0.2, -0.15) is 0 Å². The number of nitrogens with one attached hydrogen (secondary N) is 4. The molecule has 2 bridgehead atoms. The molecule has 1 aliphatic heterocycles. The Morgan fingerprint density at radius 2 is 1.66 bits per heavy atom. The summed E-state index contributed by atoms with van der Waals surface area (Å²) < 4.78 is 17.4. The fourth-order valence-corrected chi connectivity index (χ4v) is 6.35. The van der Waals surface area contributed by atoms with Crippen molar-refractivity contribution in [1.29, 1.82) is 0 Å². The number of methoxy groups -OCH3 is 2. The van der Waals surface area contributed by atoms with Gasteiger partial charge in [0.25, 0.3) is 11.8 Å². The molecule has 0 saturated heterocycles. The molecule has 1 aliphatic rings. The lowest BCUT2D eigenvalue weighted by Gasteiger charge is -2.28. The lowest BCUT2D eigenvalue weighted by atomic mass is 10.0. The summed E-state index contributed by atoms with van der Waals surface area (Å²) in [6, 6.07) is 10.8. The molecule has 0 fully saturated rings. The summed E-state index contributed by atoms with van der Waals surface area (Å²) in [7, 11) is 2.94. The number of carbonyl (C=O) groups excluding carboxylic acids is 5. The molecule has 5 N–H and O–H groups in total. The molecule has 0 saturated carbocycles. The van der Waals surface area contributed by atoms with Gasteiger partial charge in [0.05, 0.1) is 50.2 Å². The van der Waals surface area contributed by atoms with Crippen molar-refractivity contribution in [2.24, 2.45) is 5.92 Å². The number of aryl methyl sites for hydroxylation is 1. The zero-order valence-electron chi connectivity index (χ0n) is 33.9. The molecule has 0 spiro atoms. The number of aliphatic hydroxyl groups is 1. The first-order valence-corrected chi connectivity index (χ1v) is 19.2.